The quantitative estimate of drug-likeness (QED) is 0.180. The lowest BCUT2D eigenvalue weighted by Gasteiger charge is -2.25. The topological polar surface area (TPSA) is 30.1 Å². The van der Waals surface area contributed by atoms with Crippen LogP contribution in [0.15, 0.2) is 138 Å². The first-order valence-corrected chi connectivity index (χ1v) is 23.6. The largest absolute Gasteiger partial charge is 0.456 e. The molecule has 0 atom stereocenters. The van der Waals surface area contributed by atoms with Gasteiger partial charge in [0.25, 0.3) is 0 Å². The first-order chi connectivity index (χ1) is 30.4. The highest BCUT2D eigenvalue weighted by atomic mass is 32.1. The maximum Gasteiger partial charge on any atom is 0.197 e. The highest BCUT2D eigenvalue weighted by molar-refractivity contribution is 7.26. The molecule has 63 heavy (non-hydrogen) atoms. The minimum atomic E-state index is 0.0429. The average Bonchev–Trinajstić information content (AvgIpc) is 4.01. The molecule has 1 aliphatic rings. The molecule has 0 unspecified atom stereocenters. The summed E-state index contributed by atoms with van der Waals surface area (Å²) in [6, 6.07) is 50.3. The van der Waals surface area contributed by atoms with Gasteiger partial charge in [-0.3, -0.25) is 0 Å². The van der Waals surface area contributed by atoms with Gasteiger partial charge in [0, 0.05) is 96.1 Å². The molecule has 8 aromatic carbocycles. The Morgan fingerprint density at radius 2 is 1.22 bits per heavy atom. The first-order valence-electron chi connectivity index (χ1n) is 22.0. The predicted octanol–water partition coefficient (Wildman–Crippen LogP) is 15.7. The van der Waals surface area contributed by atoms with Crippen LogP contribution in [-0.4, -0.2) is 11.8 Å². The van der Waals surface area contributed by atoms with Gasteiger partial charge in [0.1, 0.15) is 11.2 Å². The molecule has 4 aromatic heterocycles. The highest BCUT2D eigenvalue weighted by Crippen LogP contribution is 2.46. The van der Waals surface area contributed by atoms with Crippen molar-refractivity contribution in [3.05, 3.63) is 150 Å². The molecule has 6 heteroatoms. The van der Waals surface area contributed by atoms with Gasteiger partial charge in [0.05, 0.1) is 5.52 Å². The second-order valence-electron chi connectivity index (χ2n) is 19.7. The lowest BCUT2D eigenvalue weighted by atomic mass is 9.58. The molecule has 0 amide bonds. The van der Waals surface area contributed by atoms with Crippen LogP contribution >= 0.6 is 22.7 Å². The number of hydrogen-bond donors (Lipinski definition) is 1. The number of furan rings is 1. The second-order valence-corrected chi connectivity index (χ2v) is 21.9. The van der Waals surface area contributed by atoms with Crippen molar-refractivity contribution in [1.29, 1.82) is 0 Å². The Kier molecular flexibility index (Phi) is 7.61. The fourth-order valence-corrected chi connectivity index (χ4v) is 12.6. The van der Waals surface area contributed by atoms with Gasteiger partial charge in [0.15, 0.2) is 7.28 Å². The standard InChI is InChI=1S/C57H44BN2OS2/c1-30-22-41(36-24-39-38-23-32(57(5,6)7)18-21-50(38)63-52(39)28-44(36)59-33-19-16-31(17-20-33)56(2,3)4)54-55-53(30)42-25-37-34-12-8-10-14-47(34)61-48(37)29-45(42)60(55)46-26-40-35-13-9-11-15-49(35)62-51(40)27-43(46)58-54/h8-29,59H,1-7H3. The summed E-state index contributed by atoms with van der Waals surface area (Å²) in [7, 11) is 2.48. The number of hydrogen-bond acceptors (Lipinski definition) is 4. The molecule has 13 rings (SSSR count). The summed E-state index contributed by atoms with van der Waals surface area (Å²) in [6.07, 6.45) is 0. The van der Waals surface area contributed by atoms with E-state index in [0.29, 0.717) is 0 Å². The van der Waals surface area contributed by atoms with Gasteiger partial charge in [-0.05, 0) is 112 Å². The van der Waals surface area contributed by atoms with Crippen LogP contribution in [0, 0.1) is 6.92 Å². The molecule has 1 N–H and O–H groups in total. The van der Waals surface area contributed by atoms with E-state index >= 15 is 0 Å². The van der Waals surface area contributed by atoms with E-state index in [1.54, 1.807) is 0 Å². The van der Waals surface area contributed by atoms with Crippen LogP contribution in [-0.2, 0) is 10.8 Å². The fraction of sp³-hybridized carbons (Fsp3) is 0.158. The summed E-state index contributed by atoms with van der Waals surface area (Å²) >= 11 is 3.76. The number of aromatic nitrogens is 1. The van der Waals surface area contributed by atoms with Crippen molar-refractivity contribution < 1.29 is 4.42 Å². The minimum Gasteiger partial charge on any atom is -0.456 e. The van der Waals surface area contributed by atoms with Crippen molar-refractivity contribution in [2.75, 3.05) is 5.32 Å². The zero-order valence-corrected chi connectivity index (χ0v) is 38.1. The average molecular weight is 848 g/mol. The van der Waals surface area contributed by atoms with E-state index in [1.165, 1.54) is 101 Å². The highest BCUT2D eigenvalue weighted by Gasteiger charge is 2.30. The van der Waals surface area contributed by atoms with Crippen molar-refractivity contribution in [2.45, 2.75) is 59.3 Å². The second kappa shape index (κ2) is 12.9. The number of nitrogens with zero attached hydrogens (tertiary/aromatic N) is 1. The van der Waals surface area contributed by atoms with Gasteiger partial charge in [-0.15, -0.1) is 22.7 Å². The Morgan fingerprint density at radius 1 is 0.540 bits per heavy atom. The van der Waals surface area contributed by atoms with Crippen LogP contribution < -0.4 is 16.2 Å². The van der Waals surface area contributed by atoms with E-state index in [4.69, 9.17) is 4.42 Å². The monoisotopic (exact) mass is 847 g/mol. The van der Waals surface area contributed by atoms with Crippen LogP contribution in [0.25, 0.3) is 101 Å². The zero-order chi connectivity index (χ0) is 42.7. The first kappa shape index (κ1) is 37.2. The van der Waals surface area contributed by atoms with Crippen LogP contribution in [0.4, 0.5) is 11.4 Å². The molecule has 0 saturated heterocycles. The number of thiophene rings is 2. The van der Waals surface area contributed by atoms with Crippen molar-refractivity contribution in [2.24, 2.45) is 0 Å². The molecule has 303 valence electrons. The van der Waals surface area contributed by atoms with Crippen molar-refractivity contribution in [1.82, 2.24) is 4.57 Å². The molecule has 1 radical (unpaired) electrons. The number of benzene rings is 8. The van der Waals surface area contributed by atoms with Gasteiger partial charge in [-0.25, -0.2) is 0 Å². The maximum absolute atomic E-state index is 6.60. The van der Waals surface area contributed by atoms with E-state index in [2.05, 4.69) is 199 Å². The molecule has 3 nitrogen and oxygen atoms in total. The molecule has 0 aliphatic carbocycles. The molecule has 0 bridgehead atoms. The summed E-state index contributed by atoms with van der Waals surface area (Å²) < 4.78 is 14.4. The number of para-hydroxylation sites is 1. The Balaban J connectivity index is 1.13. The van der Waals surface area contributed by atoms with Gasteiger partial charge in [-0.1, -0.05) is 108 Å². The van der Waals surface area contributed by atoms with E-state index in [1.807, 2.05) is 22.7 Å². The molecule has 0 saturated carbocycles. The SMILES string of the molecule is Cc1cc(-c2cc3c(cc2Nc2ccc(C(C)(C)C)cc2)sc2ccc(C(C)(C)C)cc23)c2c3c1c1cc4c(cc1n3-c1cc3c(cc1[B]2)sc1ccccc13)oc1ccccc14. The zero-order valence-electron chi connectivity index (χ0n) is 36.5. The Morgan fingerprint density at radius 3 is 2.02 bits per heavy atom. The molecule has 1 aliphatic heterocycles. The lowest BCUT2D eigenvalue weighted by Crippen LogP contribution is -2.37. The summed E-state index contributed by atoms with van der Waals surface area (Å²) in [4.78, 5) is 0. The number of nitrogens with one attached hydrogen (secondary N) is 1. The lowest BCUT2D eigenvalue weighted by molar-refractivity contribution is 0.590. The van der Waals surface area contributed by atoms with Crippen molar-refractivity contribution in [3.8, 4) is 16.8 Å². The summed E-state index contributed by atoms with van der Waals surface area (Å²) in [6.45, 7) is 16.1. The summed E-state index contributed by atoms with van der Waals surface area (Å²) in [5, 5.41) is 14.0. The number of aryl methyl sites for hydroxylation is 1. The third-order valence-corrected chi connectivity index (χ3v) is 15.9. The Labute approximate surface area is 374 Å². The van der Waals surface area contributed by atoms with Crippen molar-refractivity contribution >= 4 is 136 Å². The van der Waals surface area contributed by atoms with Crippen LogP contribution in [0.2, 0.25) is 0 Å². The molecular formula is C57H44BN2OS2. The minimum absolute atomic E-state index is 0.0429. The van der Waals surface area contributed by atoms with Crippen LogP contribution in [0.5, 0.6) is 0 Å². The van der Waals surface area contributed by atoms with E-state index in [9.17, 15) is 0 Å². The van der Waals surface area contributed by atoms with E-state index in [-0.39, 0.29) is 10.8 Å². The summed E-state index contributed by atoms with van der Waals surface area (Å²) in [5.41, 5.74) is 16.6. The number of anilines is 2. The predicted molar refractivity (Wildman–Crippen MR) is 276 cm³/mol. The Bertz CT molecular complexity index is 3940. The molecule has 0 spiro atoms. The molecular weight excluding hydrogens is 804 g/mol. The molecule has 0 fully saturated rings. The third-order valence-electron chi connectivity index (χ3n) is 13.6. The van der Waals surface area contributed by atoms with E-state index < -0.39 is 0 Å². The van der Waals surface area contributed by atoms with Gasteiger partial charge in [-0.2, -0.15) is 0 Å². The van der Waals surface area contributed by atoms with Gasteiger partial charge in [0.2, 0.25) is 0 Å². The summed E-state index contributed by atoms with van der Waals surface area (Å²) in [5.74, 6) is 0. The molecule has 12 aromatic rings. The number of fused-ring (bicyclic) bond motifs is 14. The molecule has 5 heterocycles. The third kappa shape index (κ3) is 5.50. The van der Waals surface area contributed by atoms with Gasteiger partial charge < -0.3 is 14.3 Å². The maximum atomic E-state index is 6.60. The number of rotatable bonds is 3. The smallest absolute Gasteiger partial charge is 0.197 e. The van der Waals surface area contributed by atoms with Crippen LogP contribution in [0.3, 0.4) is 0 Å². The fourth-order valence-electron chi connectivity index (χ4n) is 10.3. The van der Waals surface area contributed by atoms with E-state index in [0.717, 1.165) is 38.8 Å². The van der Waals surface area contributed by atoms with Gasteiger partial charge >= 0.3 is 0 Å². The van der Waals surface area contributed by atoms with Crippen molar-refractivity contribution in [3.63, 3.8) is 0 Å². The van der Waals surface area contributed by atoms with Crippen LogP contribution in [0.1, 0.15) is 58.2 Å². The normalized spacial score (nSPS) is 13.1. The Hall–Kier alpha value is -6.34.